The van der Waals surface area contributed by atoms with Crippen LogP contribution in [0.25, 0.3) is 11.0 Å². The Morgan fingerprint density at radius 1 is 1.25 bits per heavy atom. The van der Waals surface area contributed by atoms with Crippen molar-refractivity contribution in [2.75, 3.05) is 0 Å². The molecule has 0 aliphatic carbocycles. The van der Waals surface area contributed by atoms with Crippen LogP contribution in [-0.4, -0.2) is 15.5 Å². The van der Waals surface area contributed by atoms with Crippen LogP contribution in [0, 0.1) is 11.6 Å². The molecule has 2 heterocycles. The first-order chi connectivity index (χ1) is 11.6. The number of pyridine rings is 1. The summed E-state index contributed by atoms with van der Waals surface area (Å²) < 4.78 is 28.7. The Hall–Kier alpha value is -2.76. The van der Waals surface area contributed by atoms with Crippen molar-refractivity contribution in [2.45, 2.75) is 26.4 Å². The molecule has 124 valence electrons. The number of benzene rings is 1. The fourth-order valence-corrected chi connectivity index (χ4v) is 2.69. The van der Waals surface area contributed by atoms with Gasteiger partial charge in [0, 0.05) is 36.4 Å². The maximum atomic E-state index is 13.6. The lowest BCUT2D eigenvalue weighted by Gasteiger charge is -2.06. The first-order valence-corrected chi connectivity index (χ1v) is 7.72. The van der Waals surface area contributed by atoms with Crippen molar-refractivity contribution < 1.29 is 13.6 Å². The van der Waals surface area contributed by atoms with Gasteiger partial charge in [-0.15, -0.1) is 0 Å². The molecule has 4 nitrogen and oxygen atoms in total. The van der Waals surface area contributed by atoms with Gasteiger partial charge in [0.25, 0.3) is 0 Å². The standard InChI is InChI=1S/C18H17F2N3O/c1-2-23-11-13(15-4-3-7-21-18(15)23)9-17(24)22-10-12-8-14(19)5-6-16(12)20/h3-8,11H,2,9-10H2,1H3,(H,22,24). The average Bonchev–Trinajstić information content (AvgIpc) is 2.94. The summed E-state index contributed by atoms with van der Waals surface area (Å²) in [6.07, 6.45) is 3.78. The van der Waals surface area contributed by atoms with Gasteiger partial charge in [-0.1, -0.05) is 0 Å². The summed E-state index contributed by atoms with van der Waals surface area (Å²) in [6.45, 7) is 2.71. The summed E-state index contributed by atoms with van der Waals surface area (Å²) in [5.74, 6) is -1.32. The average molecular weight is 329 g/mol. The number of nitrogens with zero attached hydrogens (tertiary/aromatic N) is 2. The van der Waals surface area contributed by atoms with Gasteiger partial charge in [0.05, 0.1) is 6.42 Å². The number of aromatic nitrogens is 2. The Bertz CT molecular complexity index is 889. The summed E-state index contributed by atoms with van der Waals surface area (Å²) in [4.78, 5) is 16.5. The molecule has 0 unspecified atom stereocenters. The third-order valence-corrected chi connectivity index (χ3v) is 3.89. The summed E-state index contributed by atoms with van der Waals surface area (Å²) in [5.41, 5.74) is 1.82. The first-order valence-electron chi connectivity index (χ1n) is 7.72. The van der Waals surface area contributed by atoms with Gasteiger partial charge >= 0.3 is 0 Å². The molecule has 0 atom stereocenters. The fraction of sp³-hybridized carbons (Fsp3) is 0.222. The van der Waals surface area contributed by atoms with Gasteiger partial charge < -0.3 is 9.88 Å². The minimum atomic E-state index is -0.538. The Morgan fingerprint density at radius 3 is 2.88 bits per heavy atom. The Labute approximate surface area is 138 Å². The van der Waals surface area contributed by atoms with Crippen molar-refractivity contribution in [3.05, 3.63) is 65.5 Å². The van der Waals surface area contributed by atoms with Gasteiger partial charge in [-0.25, -0.2) is 13.8 Å². The van der Waals surface area contributed by atoms with Gasteiger partial charge in [0.2, 0.25) is 5.91 Å². The van der Waals surface area contributed by atoms with Gasteiger partial charge in [-0.2, -0.15) is 0 Å². The van der Waals surface area contributed by atoms with Crippen LogP contribution in [-0.2, 0) is 24.3 Å². The number of amides is 1. The number of carbonyl (C=O) groups excluding carboxylic acids is 1. The molecule has 0 radical (unpaired) electrons. The predicted octanol–water partition coefficient (Wildman–Crippen LogP) is 3.19. The minimum Gasteiger partial charge on any atom is -0.352 e. The zero-order valence-corrected chi connectivity index (χ0v) is 13.2. The summed E-state index contributed by atoms with van der Waals surface area (Å²) in [6, 6.07) is 6.93. The molecule has 0 spiro atoms. The minimum absolute atomic E-state index is 0.0485. The number of nitrogens with one attached hydrogen (secondary N) is 1. The van der Waals surface area contributed by atoms with E-state index in [1.807, 2.05) is 29.8 Å². The van der Waals surface area contributed by atoms with Crippen LogP contribution in [0.3, 0.4) is 0 Å². The second-order valence-corrected chi connectivity index (χ2v) is 5.50. The lowest BCUT2D eigenvalue weighted by molar-refractivity contribution is -0.120. The molecular formula is C18H17F2N3O. The van der Waals surface area contributed by atoms with Crippen LogP contribution in [0.15, 0.2) is 42.7 Å². The molecule has 1 N–H and O–H groups in total. The Kier molecular flexibility index (Phi) is 4.55. The summed E-state index contributed by atoms with van der Waals surface area (Å²) >= 11 is 0. The maximum absolute atomic E-state index is 13.6. The first kappa shape index (κ1) is 16.1. The van der Waals surface area contributed by atoms with Crippen LogP contribution in [0.1, 0.15) is 18.1 Å². The molecule has 0 saturated carbocycles. The monoisotopic (exact) mass is 329 g/mol. The topological polar surface area (TPSA) is 46.9 Å². The molecule has 1 amide bonds. The lowest BCUT2D eigenvalue weighted by atomic mass is 10.1. The zero-order chi connectivity index (χ0) is 17.1. The molecule has 3 aromatic rings. The Balaban J connectivity index is 1.72. The van der Waals surface area contributed by atoms with Gasteiger partial charge in [0.15, 0.2) is 0 Å². The number of fused-ring (bicyclic) bond motifs is 1. The van der Waals surface area contributed by atoms with E-state index in [-0.39, 0.29) is 24.4 Å². The van der Waals surface area contributed by atoms with Gasteiger partial charge in [0.1, 0.15) is 17.3 Å². The Morgan fingerprint density at radius 2 is 2.08 bits per heavy atom. The second-order valence-electron chi connectivity index (χ2n) is 5.50. The van der Waals surface area contributed by atoms with Crippen molar-refractivity contribution in [3.8, 4) is 0 Å². The third kappa shape index (κ3) is 3.27. The molecule has 0 aliphatic heterocycles. The van der Waals surface area contributed by atoms with E-state index in [0.29, 0.717) is 0 Å². The molecule has 0 aliphatic rings. The fourth-order valence-electron chi connectivity index (χ4n) is 2.69. The highest BCUT2D eigenvalue weighted by atomic mass is 19.1. The van der Waals surface area contributed by atoms with E-state index in [0.717, 1.165) is 41.3 Å². The van der Waals surface area contributed by atoms with Gasteiger partial charge in [-0.05, 0) is 42.8 Å². The van der Waals surface area contributed by atoms with Crippen LogP contribution in [0.5, 0.6) is 0 Å². The normalized spacial score (nSPS) is 11.0. The number of carbonyl (C=O) groups is 1. The molecule has 0 saturated heterocycles. The zero-order valence-electron chi connectivity index (χ0n) is 13.2. The SMILES string of the molecule is CCn1cc(CC(=O)NCc2cc(F)ccc2F)c2cccnc21. The highest BCUT2D eigenvalue weighted by Gasteiger charge is 2.12. The van der Waals surface area contributed by atoms with E-state index in [2.05, 4.69) is 10.3 Å². The summed E-state index contributed by atoms with van der Waals surface area (Å²) in [7, 11) is 0. The number of hydrogen-bond donors (Lipinski definition) is 1. The predicted molar refractivity (Wildman–Crippen MR) is 87.3 cm³/mol. The van der Waals surface area contributed by atoms with Crippen LogP contribution in [0.4, 0.5) is 8.78 Å². The molecule has 0 bridgehead atoms. The van der Waals surface area contributed by atoms with E-state index in [1.165, 1.54) is 0 Å². The van der Waals surface area contributed by atoms with Crippen molar-refractivity contribution in [1.29, 1.82) is 0 Å². The molecule has 3 rings (SSSR count). The van der Waals surface area contributed by atoms with E-state index < -0.39 is 11.6 Å². The number of halogens is 2. The smallest absolute Gasteiger partial charge is 0.224 e. The second kappa shape index (κ2) is 6.78. The molecule has 24 heavy (non-hydrogen) atoms. The lowest BCUT2D eigenvalue weighted by Crippen LogP contribution is -2.25. The highest BCUT2D eigenvalue weighted by Crippen LogP contribution is 2.20. The van der Waals surface area contributed by atoms with Crippen LogP contribution in [0.2, 0.25) is 0 Å². The summed E-state index contributed by atoms with van der Waals surface area (Å²) in [5, 5.41) is 3.55. The van der Waals surface area contributed by atoms with Crippen molar-refractivity contribution in [2.24, 2.45) is 0 Å². The number of hydrogen-bond acceptors (Lipinski definition) is 2. The van der Waals surface area contributed by atoms with Crippen LogP contribution >= 0.6 is 0 Å². The quantitative estimate of drug-likeness (QED) is 0.781. The van der Waals surface area contributed by atoms with E-state index >= 15 is 0 Å². The third-order valence-electron chi connectivity index (χ3n) is 3.89. The largest absolute Gasteiger partial charge is 0.352 e. The molecule has 2 aromatic heterocycles. The molecule has 6 heteroatoms. The number of rotatable bonds is 5. The van der Waals surface area contributed by atoms with Crippen molar-refractivity contribution >= 4 is 16.9 Å². The molecule has 0 fully saturated rings. The van der Waals surface area contributed by atoms with Gasteiger partial charge in [-0.3, -0.25) is 4.79 Å². The molecule has 1 aromatic carbocycles. The van der Waals surface area contributed by atoms with Crippen molar-refractivity contribution in [1.82, 2.24) is 14.9 Å². The molecular weight excluding hydrogens is 312 g/mol. The van der Waals surface area contributed by atoms with E-state index in [9.17, 15) is 13.6 Å². The van der Waals surface area contributed by atoms with Crippen molar-refractivity contribution in [3.63, 3.8) is 0 Å². The van der Waals surface area contributed by atoms with E-state index in [4.69, 9.17) is 0 Å². The number of aryl methyl sites for hydroxylation is 1. The van der Waals surface area contributed by atoms with E-state index in [1.54, 1.807) is 6.20 Å². The van der Waals surface area contributed by atoms with Crippen LogP contribution < -0.4 is 5.32 Å². The maximum Gasteiger partial charge on any atom is 0.224 e. The highest BCUT2D eigenvalue weighted by molar-refractivity contribution is 5.87.